The molecule has 2 heterocycles. The summed E-state index contributed by atoms with van der Waals surface area (Å²) in [6.07, 6.45) is 0. The van der Waals surface area contributed by atoms with E-state index in [1.54, 1.807) is 18.4 Å². The number of aryl methyl sites for hydroxylation is 1. The molecule has 0 bridgehead atoms. The number of nitrogens with zero attached hydrogens (tertiary/aromatic N) is 2. The molecule has 2 rings (SSSR count). The summed E-state index contributed by atoms with van der Waals surface area (Å²) in [6.45, 7) is 2.02. The molecule has 0 amide bonds. The molecule has 14 heavy (non-hydrogen) atoms. The summed E-state index contributed by atoms with van der Waals surface area (Å²) in [5.41, 5.74) is 2.41. The summed E-state index contributed by atoms with van der Waals surface area (Å²) in [7, 11) is 1.58. The number of hydrogen-bond donors (Lipinski definition) is 2. The second kappa shape index (κ2) is 3.39. The molecule has 0 saturated carbocycles. The van der Waals surface area contributed by atoms with Gasteiger partial charge >= 0.3 is 0 Å². The molecule has 0 atom stereocenters. The Bertz CT molecular complexity index is 468. The molecule has 0 spiro atoms. The molecule has 6 heteroatoms. The molecule has 74 valence electrons. The number of aromatic nitrogens is 2. The Kier molecular flexibility index (Phi) is 2.22. The number of ether oxygens (including phenoxy) is 1. The van der Waals surface area contributed by atoms with Crippen LogP contribution in [0.4, 0.5) is 5.95 Å². The first-order valence-electron chi connectivity index (χ1n) is 4.03. The monoisotopic (exact) mass is 210 g/mol. The molecule has 0 aliphatic carbocycles. The van der Waals surface area contributed by atoms with Gasteiger partial charge in [-0.15, -0.1) is 11.3 Å². The number of nitrogens with two attached hydrogens (primary N) is 1. The first-order valence-corrected chi connectivity index (χ1v) is 4.85. The molecule has 5 nitrogen and oxygen atoms in total. The second-order valence-electron chi connectivity index (χ2n) is 2.78. The van der Waals surface area contributed by atoms with E-state index >= 15 is 0 Å². The summed E-state index contributed by atoms with van der Waals surface area (Å²) < 4.78 is 5.14. The van der Waals surface area contributed by atoms with E-state index in [1.165, 1.54) is 4.88 Å². The fourth-order valence-electron chi connectivity index (χ4n) is 1.24. The molecule has 0 radical (unpaired) electrons. The van der Waals surface area contributed by atoms with Gasteiger partial charge in [0.1, 0.15) is 4.83 Å². The van der Waals surface area contributed by atoms with E-state index in [9.17, 15) is 0 Å². The maximum Gasteiger partial charge on any atom is 0.241 e. The van der Waals surface area contributed by atoms with Gasteiger partial charge in [0, 0.05) is 4.88 Å². The minimum Gasteiger partial charge on any atom is -0.480 e. The average molecular weight is 210 g/mol. The van der Waals surface area contributed by atoms with Crippen LogP contribution >= 0.6 is 11.3 Å². The number of rotatable bonds is 2. The van der Waals surface area contributed by atoms with Crippen LogP contribution in [0, 0.1) is 6.92 Å². The van der Waals surface area contributed by atoms with Gasteiger partial charge in [0.2, 0.25) is 11.8 Å². The van der Waals surface area contributed by atoms with Crippen LogP contribution in [-0.2, 0) is 0 Å². The fraction of sp³-hybridized carbons (Fsp3) is 0.250. The van der Waals surface area contributed by atoms with Crippen LogP contribution in [0.15, 0.2) is 6.07 Å². The molecule has 2 aromatic rings. The highest BCUT2D eigenvalue weighted by Gasteiger charge is 2.09. The lowest BCUT2D eigenvalue weighted by Crippen LogP contribution is -2.10. The van der Waals surface area contributed by atoms with E-state index in [2.05, 4.69) is 15.4 Å². The standard InChI is InChI=1S/C8H10N4OS/c1-4-3-5-6(13-2)10-8(12-9)11-7(5)14-4/h3H,9H2,1-2H3,(H,10,11,12). The van der Waals surface area contributed by atoms with Gasteiger partial charge in [-0.05, 0) is 13.0 Å². The van der Waals surface area contributed by atoms with Gasteiger partial charge < -0.3 is 4.74 Å². The van der Waals surface area contributed by atoms with Crippen molar-refractivity contribution in [3.05, 3.63) is 10.9 Å². The van der Waals surface area contributed by atoms with Crippen molar-refractivity contribution < 1.29 is 4.74 Å². The molecule has 2 aromatic heterocycles. The van der Waals surface area contributed by atoms with Crippen molar-refractivity contribution in [2.24, 2.45) is 5.84 Å². The van der Waals surface area contributed by atoms with Gasteiger partial charge in [0.05, 0.1) is 12.5 Å². The quantitative estimate of drug-likeness (QED) is 0.577. The maximum absolute atomic E-state index is 5.25. The summed E-state index contributed by atoms with van der Waals surface area (Å²) in [6, 6.07) is 2.00. The van der Waals surface area contributed by atoms with Crippen molar-refractivity contribution in [3.63, 3.8) is 0 Å². The lowest BCUT2D eigenvalue weighted by Gasteiger charge is -2.02. The van der Waals surface area contributed by atoms with E-state index < -0.39 is 0 Å². The molecular formula is C8H10N4OS. The zero-order valence-corrected chi connectivity index (χ0v) is 8.68. The van der Waals surface area contributed by atoms with Crippen LogP contribution < -0.4 is 16.0 Å². The first kappa shape index (κ1) is 9.17. The lowest BCUT2D eigenvalue weighted by molar-refractivity contribution is 0.403. The third kappa shape index (κ3) is 1.38. The van der Waals surface area contributed by atoms with Crippen LogP contribution in [0.3, 0.4) is 0 Å². The Hall–Kier alpha value is -1.40. The molecule has 0 aliphatic rings. The Morgan fingerprint density at radius 1 is 1.50 bits per heavy atom. The minimum absolute atomic E-state index is 0.371. The number of methoxy groups -OCH3 is 1. The van der Waals surface area contributed by atoms with Crippen molar-refractivity contribution in [2.75, 3.05) is 12.5 Å². The van der Waals surface area contributed by atoms with Crippen molar-refractivity contribution in [1.82, 2.24) is 9.97 Å². The highest BCUT2D eigenvalue weighted by atomic mass is 32.1. The summed E-state index contributed by atoms with van der Waals surface area (Å²) >= 11 is 1.58. The molecule has 0 saturated heterocycles. The SMILES string of the molecule is COc1nc(NN)nc2sc(C)cc12. The number of fused-ring (bicyclic) bond motifs is 1. The molecule has 3 N–H and O–H groups in total. The van der Waals surface area contributed by atoms with Gasteiger partial charge in [-0.1, -0.05) is 0 Å². The predicted molar refractivity (Wildman–Crippen MR) is 56.5 cm³/mol. The van der Waals surface area contributed by atoms with Gasteiger partial charge in [0.15, 0.2) is 0 Å². The van der Waals surface area contributed by atoms with E-state index in [0.29, 0.717) is 11.8 Å². The number of hydrazine groups is 1. The largest absolute Gasteiger partial charge is 0.480 e. The van der Waals surface area contributed by atoms with Crippen molar-refractivity contribution in [3.8, 4) is 5.88 Å². The Morgan fingerprint density at radius 3 is 2.93 bits per heavy atom. The summed E-state index contributed by atoms with van der Waals surface area (Å²) in [5, 5.41) is 0.925. The normalized spacial score (nSPS) is 10.5. The maximum atomic E-state index is 5.25. The average Bonchev–Trinajstić information content (AvgIpc) is 2.56. The smallest absolute Gasteiger partial charge is 0.241 e. The van der Waals surface area contributed by atoms with E-state index in [-0.39, 0.29) is 0 Å². The molecule has 0 fully saturated rings. The number of thiophene rings is 1. The third-order valence-electron chi connectivity index (χ3n) is 1.80. The van der Waals surface area contributed by atoms with Crippen LogP contribution in [0.2, 0.25) is 0 Å². The Labute approximate surface area is 84.9 Å². The van der Waals surface area contributed by atoms with Crippen molar-refractivity contribution >= 4 is 27.5 Å². The highest BCUT2D eigenvalue weighted by molar-refractivity contribution is 7.18. The van der Waals surface area contributed by atoms with E-state index in [0.717, 1.165) is 10.2 Å². The Morgan fingerprint density at radius 2 is 2.29 bits per heavy atom. The lowest BCUT2D eigenvalue weighted by atomic mass is 10.3. The number of anilines is 1. The van der Waals surface area contributed by atoms with Crippen LogP contribution in [0.25, 0.3) is 10.2 Å². The van der Waals surface area contributed by atoms with E-state index in [1.807, 2.05) is 13.0 Å². The fourth-order valence-corrected chi connectivity index (χ4v) is 2.11. The Balaban J connectivity index is 2.72. The van der Waals surface area contributed by atoms with E-state index in [4.69, 9.17) is 10.6 Å². The van der Waals surface area contributed by atoms with Gasteiger partial charge in [-0.2, -0.15) is 4.98 Å². The predicted octanol–water partition coefficient (Wildman–Crippen LogP) is 1.29. The van der Waals surface area contributed by atoms with Gasteiger partial charge in [-0.25, -0.2) is 10.8 Å². The number of hydrogen-bond acceptors (Lipinski definition) is 6. The zero-order chi connectivity index (χ0) is 10.1. The van der Waals surface area contributed by atoms with Gasteiger partial charge in [-0.3, -0.25) is 5.43 Å². The molecule has 0 aliphatic heterocycles. The molecular weight excluding hydrogens is 200 g/mol. The first-order chi connectivity index (χ1) is 6.74. The van der Waals surface area contributed by atoms with Crippen molar-refractivity contribution in [1.29, 1.82) is 0 Å². The van der Waals surface area contributed by atoms with Crippen molar-refractivity contribution in [2.45, 2.75) is 6.92 Å². The minimum atomic E-state index is 0.371. The second-order valence-corrected chi connectivity index (χ2v) is 4.01. The molecule has 0 unspecified atom stereocenters. The highest BCUT2D eigenvalue weighted by Crippen LogP contribution is 2.30. The third-order valence-corrected chi connectivity index (χ3v) is 2.75. The molecule has 0 aromatic carbocycles. The number of nitrogen functional groups attached to an aromatic ring is 1. The van der Waals surface area contributed by atoms with Gasteiger partial charge in [0.25, 0.3) is 0 Å². The summed E-state index contributed by atoms with van der Waals surface area (Å²) in [5.74, 6) is 6.17. The number of nitrogens with one attached hydrogen (secondary N) is 1. The topological polar surface area (TPSA) is 73.1 Å². The van der Waals surface area contributed by atoms with Crippen LogP contribution in [-0.4, -0.2) is 17.1 Å². The van der Waals surface area contributed by atoms with Crippen LogP contribution in [0.5, 0.6) is 5.88 Å². The zero-order valence-electron chi connectivity index (χ0n) is 7.87. The summed E-state index contributed by atoms with van der Waals surface area (Å²) in [4.78, 5) is 10.3. The van der Waals surface area contributed by atoms with Crippen LogP contribution in [0.1, 0.15) is 4.88 Å².